The van der Waals surface area contributed by atoms with Crippen LogP contribution in [0.15, 0.2) is 0 Å². The van der Waals surface area contributed by atoms with Gasteiger partial charge in [0.05, 0.1) is 0 Å². The Balaban J connectivity index is 2.67. The summed E-state index contributed by atoms with van der Waals surface area (Å²) in [7, 11) is 0. The Kier molecular flexibility index (Phi) is 6.37. The first kappa shape index (κ1) is 14.0. The molecule has 1 rings (SSSR count). The largest absolute Gasteiger partial charge is 0.271 e. The van der Waals surface area contributed by atoms with E-state index in [1.165, 1.54) is 44.9 Å². The summed E-state index contributed by atoms with van der Waals surface area (Å²) in [6.07, 6.45) is 9.44. The minimum absolute atomic E-state index is 0.542. The number of rotatable bonds is 6. The number of nitrogens with two attached hydrogens (primary N) is 1. The molecule has 0 radical (unpaired) electrons. The van der Waals surface area contributed by atoms with Gasteiger partial charge in [0.15, 0.2) is 0 Å². The van der Waals surface area contributed by atoms with Crippen molar-refractivity contribution in [3.8, 4) is 0 Å². The van der Waals surface area contributed by atoms with Crippen molar-refractivity contribution < 1.29 is 0 Å². The van der Waals surface area contributed by atoms with E-state index in [2.05, 4.69) is 26.2 Å². The van der Waals surface area contributed by atoms with Gasteiger partial charge in [-0.3, -0.25) is 11.3 Å². The molecule has 2 nitrogen and oxygen atoms in total. The maximum Gasteiger partial charge on any atom is 0.0269 e. The van der Waals surface area contributed by atoms with Crippen molar-refractivity contribution >= 4 is 0 Å². The maximum atomic E-state index is 5.82. The van der Waals surface area contributed by atoms with Gasteiger partial charge in [-0.25, -0.2) is 0 Å². The van der Waals surface area contributed by atoms with Crippen LogP contribution in [0.3, 0.4) is 0 Å². The SMILES string of the molecule is CCC1CCCCC1C(NN)C(CC)CC. The van der Waals surface area contributed by atoms with Gasteiger partial charge >= 0.3 is 0 Å². The first-order valence-electron chi connectivity index (χ1n) is 7.24. The Bertz CT molecular complexity index is 170. The summed E-state index contributed by atoms with van der Waals surface area (Å²) in [6, 6.07) is 0.542. The summed E-state index contributed by atoms with van der Waals surface area (Å²) in [6.45, 7) is 6.92. The van der Waals surface area contributed by atoms with Crippen LogP contribution in [0.4, 0.5) is 0 Å². The predicted molar refractivity (Wildman–Crippen MR) is 70.9 cm³/mol. The normalized spacial score (nSPS) is 28.3. The predicted octanol–water partition coefficient (Wildman–Crippen LogP) is 3.47. The zero-order valence-electron chi connectivity index (χ0n) is 11.3. The van der Waals surface area contributed by atoms with Gasteiger partial charge in [-0.2, -0.15) is 0 Å². The molecule has 16 heavy (non-hydrogen) atoms. The van der Waals surface area contributed by atoms with Crippen molar-refractivity contribution in [1.29, 1.82) is 0 Å². The van der Waals surface area contributed by atoms with Gasteiger partial charge in [-0.1, -0.05) is 59.3 Å². The van der Waals surface area contributed by atoms with Crippen molar-refractivity contribution in [3.05, 3.63) is 0 Å². The lowest BCUT2D eigenvalue weighted by Gasteiger charge is -2.40. The van der Waals surface area contributed by atoms with E-state index >= 15 is 0 Å². The minimum atomic E-state index is 0.542. The second kappa shape index (κ2) is 7.29. The quantitative estimate of drug-likeness (QED) is 0.537. The summed E-state index contributed by atoms with van der Waals surface area (Å²) in [5.41, 5.74) is 3.14. The smallest absolute Gasteiger partial charge is 0.0269 e. The molecule has 0 aromatic rings. The Morgan fingerprint density at radius 3 is 2.25 bits per heavy atom. The van der Waals surface area contributed by atoms with Crippen LogP contribution in [0.1, 0.15) is 65.7 Å². The highest BCUT2D eigenvalue weighted by atomic mass is 15.2. The lowest BCUT2D eigenvalue weighted by molar-refractivity contribution is 0.133. The third-order valence-corrected chi connectivity index (χ3v) is 4.70. The molecule has 1 saturated carbocycles. The van der Waals surface area contributed by atoms with Gasteiger partial charge in [0.2, 0.25) is 0 Å². The molecule has 0 aromatic carbocycles. The first-order chi connectivity index (χ1) is 7.78. The van der Waals surface area contributed by atoms with Crippen molar-refractivity contribution in [1.82, 2.24) is 5.43 Å². The Hall–Kier alpha value is -0.0800. The topological polar surface area (TPSA) is 38.0 Å². The highest BCUT2D eigenvalue weighted by Gasteiger charge is 2.33. The zero-order valence-corrected chi connectivity index (χ0v) is 11.3. The molecule has 3 atom stereocenters. The Labute approximate surface area is 101 Å². The Morgan fingerprint density at radius 1 is 1.12 bits per heavy atom. The fourth-order valence-corrected chi connectivity index (χ4v) is 3.62. The molecule has 0 saturated heterocycles. The minimum Gasteiger partial charge on any atom is -0.271 e. The van der Waals surface area contributed by atoms with Crippen LogP contribution in [0.2, 0.25) is 0 Å². The van der Waals surface area contributed by atoms with Gasteiger partial charge in [0.1, 0.15) is 0 Å². The molecule has 0 heterocycles. The molecular weight excluding hydrogens is 196 g/mol. The van der Waals surface area contributed by atoms with E-state index in [9.17, 15) is 0 Å². The average molecular weight is 226 g/mol. The van der Waals surface area contributed by atoms with E-state index < -0.39 is 0 Å². The molecule has 0 aromatic heterocycles. The second-order valence-electron chi connectivity index (χ2n) is 5.39. The summed E-state index contributed by atoms with van der Waals surface area (Å²) in [4.78, 5) is 0. The molecule has 0 spiro atoms. The molecule has 0 bridgehead atoms. The van der Waals surface area contributed by atoms with Crippen molar-refractivity contribution in [2.75, 3.05) is 0 Å². The standard InChI is InChI=1S/C14H30N2/c1-4-11(5-2)14(16-15)13-10-8-7-9-12(13)6-3/h11-14,16H,4-10,15H2,1-3H3. The summed E-state index contributed by atoms with van der Waals surface area (Å²) >= 11 is 0. The number of hydrazine groups is 1. The van der Waals surface area contributed by atoms with Gasteiger partial charge in [0, 0.05) is 6.04 Å². The number of hydrogen-bond acceptors (Lipinski definition) is 2. The summed E-state index contributed by atoms with van der Waals surface area (Å²) in [5, 5.41) is 0. The van der Waals surface area contributed by atoms with E-state index in [-0.39, 0.29) is 0 Å². The third kappa shape index (κ3) is 3.21. The third-order valence-electron chi connectivity index (χ3n) is 4.70. The monoisotopic (exact) mass is 226 g/mol. The van der Waals surface area contributed by atoms with Gasteiger partial charge in [0.25, 0.3) is 0 Å². The molecule has 96 valence electrons. The van der Waals surface area contributed by atoms with Crippen molar-refractivity contribution in [2.45, 2.75) is 71.8 Å². The molecule has 2 heteroatoms. The second-order valence-corrected chi connectivity index (χ2v) is 5.39. The van der Waals surface area contributed by atoms with Gasteiger partial charge in [-0.05, 0) is 24.2 Å². The van der Waals surface area contributed by atoms with Gasteiger partial charge < -0.3 is 0 Å². The zero-order chi connectivity index (χ0) is 12.0. The Morgan fingerprint density at radius 2 is 1.75 bits per heavy atom. The van der Waals surface area contributed by atoms with E-state index in [0.29, 0.717) is 6.04 Å². The highest BCUT2D eigenvalue weighted by Crippen LogP contribution is 2.37. The van der Waals surface area contributed by atoms with Crippen LogP contribution in [0.25, 0.3) is 0 Å². The number of nitrogens with one attached hydrogen (secondary N) is 1. The van der Waals surface area contributed by atoms with Crippen LogP contribution in [0, 0.1) is 17.8 Å². The lowest BCUT2D eigenvalue weighted by Crippen LogP contribution is -2.49. The van der Waals surface area contributed by atoms with Crippen LogP contribution >= 0.6 is 0 Å². The maximum absolute atomic E-state index is 5.82. The number of hydrogen-bond donors (Lipinski definition) is 2. The summed E-state index contributed by atoms with van der Waals surface area (Å²) < 4.78 is 0. The molecule has 1 aliphatic carbocycles. The lowest BCUT2D eigenvalue weighted by atomic mass is 9.70. The van der Waals surface area contributed by atoms with Crippen LogP contribution < -0.4 is 11.3 Å². The molecule has 3 N–H and O–H groups in total. The van der Waals surface area contributed by atoms with Crippen LogP contribution in [-0.2, 0) is 0 Å². The van der Waals surface area contributed by atoms with E-state index in [4.69, 9.17) is 5.84 Å². The van der Waals surface area contributed by atoms with Crippen molar-refractivity contribution in [2.24, 2.45) is 23.6 Å². The fourth-order valence-electron chi connectivity index (χ4n) is 3.62. The molecule has 3 unspecified atom stereocenters. The molecule has 1 aliphatic rings. The van der Waals surface area contributed by atoms with Crippen LogP contribution in [-0.4, -0.2) is 6.04 Å². The molecule has 1 fully saturated rings. The van der Waals surface area contributed by atoms with E-state index in [0.717, 1.165) is 17.8 Å². The molecule has 0 amide bonds. The van der Waals surface area contributed by atoms with Crippen molar-refractivity contribution in [3.63, 3.8) is 0 Å². The average Bonchev–Trinajstić information content (AvgIpc) is 2.35. The van der Waals surface area contributed by atoms with Crippen LogP contribution in [0.5, 0.6) is 0 Å². The van der Waals surface area contributed by atoms with Gasteiger partial charge in [-0.15, -0.1) is 0 Å². The fraction of sp³-hybridized carbons (Fsp3) is 1.00. The summed E-state index contributed by atoms with van der Waals surface area (Å²) in [5.74, 6) is 8.29. The van der Waals surface area contributed by atoms with E-state index in [1.807, 2.05) is 0 Å². The molecule has 0 aliphatic heterocycles. The van der Waals surface area contributed by atoms with E-state index in [1.54, 1.807) is 0 Å². The first-order valence-corrected chi connectivity index (χ1v) is 7.24. The molecular formula is C14H30N2. The highest BCUT2D eigenvalue weighted by molar-refractivity contribution is 4.87.